The molecule has 0 amide bonds. The number of nitrogens with zero attached hydrogens (tertiary/aromatic N) is 1. The van der Waals surface area contributed by atoms with Crippen molar-refractivity contribution in [3.05, 3.63) is 22.2 Å². The second kappa shape index (κ2) is 5.71. The van der Waals surface area contributed by atoms with Gasteiger partial charge < -0.3 is 9.84 Å². The number of ether oxygens (including phenoxy) is 1. The number of hydrogen-bond acceptors (Lipinski definition) is 3. The van der Waals surface area contributed by atoms with Crippen molar-refractivity contribution in [2.24, 2.45) is 5.41 Å². The van der Waals surface area contributed by atoms with E-state index in [9.17, 15) is 5.11 Å². The van der Waals surface area contributed by atoms with Gasteiger partial charge in [-0.1, -0.05) is 13.8 Å². The van der Waals surface area contributed by atoms with Crippen LogP contribution in [0.15, 0.2) is 16.6 Å². The second-order valence-electron chi connectivity index (χ2n) is 6.07. The largest absolute Gasteiger partial charge is 0.503 e. The fourth-order valence-corrected chi connectivity index (χ4v) is 2.94. The molecule has 0 spiro atoms. The van der Waals surface area contributed by atoms with Crippen LogP contribution in [0.4, 0.5) is 0 Å². The van der Waals surface area contributed by atoms with Crippen molar-refractivity contribution in [3.8, 4) is 11.5 Å². The molecule has 1 heterocycles. The molecule has 0 unspecified atom stereocenters. The molecule has 19 heavy (non-hydrogen) atoms. The molecule has 1 aliphatic heterocycles. The van der Waals surface area contributed by atoms with E-state index in [-0.39, 0.29) is 5.75 Å². The molecular weight excluding hydrogens is 306 g/mol. The Morgan fingerprint density at radius 3 is 2.53 bits per heavy atom. The van der Waals surface area contributed by atoms with Crippen molar-refractivity contribution in [1.82, 2.24) is 4.90 Å². The summed E-state index contributed by atoms with van der Waals surface area (Å²) >= 11 is 3.37. The number of phenolic OH excluding ortho intramolecular Hbond substituents is 1. The van der Waals surface area contributed by atoms with Crippen LogP contribution >= 0.6 is 15.9 Å². The summed E-state index contributed by atoms with van der Waals surface area (Å²) in [4.78, 5) is 2.46. The molecule has 1 fully saturated rings. The number of phenols is 1. The number of hydrogen-bond donors (Lipinski definition) is 1. The molecular formula is C15H22BrNO2. The van der Waals surface area contributed by atoms with Gasteiger partial charge in [0.05, 0.1) is 11.6 Å². The molecule has 4 heteroatoms. The van der Waals surface area contributed by atoms with Gasteiger partial charge in [-0.3, -0.25) is 4.90 Å². The van der Waals surface area contributed by atoms with Crippen molar-refractivity contribution >= 4 is 15.9 Å². The Morgan fingerprint density at radius 1 is 1.32 bits per heavy atom. The van der Waals surface area contributed by atoms with Crippen LogP contribution < -0.4 is 4.74 Å². The first-order chi connectivity index (χ1) is 8.91. The Bertz CT molecular complexity index is 450. The first kappa shape index (κ1) is 14.7. The summed E-state index contributed by atoms with van der Waals surface area (Å²) in [5.41, 5.74) is 1.64. The lowest BCUT2D eigenvalue weighted by Crippen LogP contribution is -2.36. The highest BCUT2D eigenvalue weighted by Gasteiger charge is 2.25. The summed E-state index contributed by atoms with van der Waals surface area (Å²) < 4.78 is 5.88. The third-order valence-electron chi connectivity index (χ3n) is 3.92. The van der Waals surface area contributed by atoms with Crippen LogP contribution in [-0.2, 0) is 6.54 Å². The highest BCUT2D eigenvalue weighted by atomic mass is 79.9. The van der Waals surface area contributed by atoms with E-state index in [0.717, 1.165) is 19.6 Å². The molecule has 1 N–H and O–H groups in total. The Morgan fingerprint density at radius 2 is 1.95 bits per heavy atom. The topological polar surface area (TPSA) is 32.7 Å². The van der Waals surface area contributed by atoms with Gasteiger partial charge >= 0.3 is 0 Å². The van der Waals surface area contributed by atoms with Gasteiger partial charge in [0, 0.05) is 6.54 Å². The van der Waals surface area contributed by atoms with Crippen molar-refractivity contribution in [1.29, 1.82) is 0 Å². The molecule has 1 aliphatic rings. The predicted molar refractivity (Wildman–Crippen MR) is 80.7 cm³/mol. The van der Waals surface area contributed by atoms with Crippen LogP contribution in [0.3, 0.4) is 0 Å². The average Bonchev–Trinajstić information content (AvgIpc) is 2.36. The Balaban J connectivity index is 2.06. The van der Waals surface area contributed by atoms with Gasteiger partial charge in [-0.15, -0.1) is 0 Å². The summed E-state index contributed by atoms with van der Waals surface area (Å²) in [7, 11) is 1.58. The van der Waals surface area contributed by atoms with Crippen molar-refractivity contribution in [2.75, 3.05) is 20.2 Å². The third-order valence-corrected chi connectivity index (χ3v) is 4.53. The SMILES string of the molecule is COc1cc(CN2CCC(C)(C)CC2)cc(Br)c1O. The van der Waals surface area contributed by atoms with E-state index in [0.29, 0.717) is 15.6 Å². The van der Waals surface area contributed by atoms with Gasteiger partial charge in [0.2, 0.25) is 0 Å². The molecule has 0 bridgehead atoms. The number of likely N-dealkylation sites (tertiary alicyclic amines) is 1. The zero-order chi connectivity index (χ0) is 14.0. The fraction of sp³-hybridized carbons (Fsp3) is 0.600. The van der Waals surface area contributed by atoms with Crippen molar-refractivity contribution < 1.29 is 9.84 Å². The highest BCUT2D eigenvalue weighted by Crippen LogP contribution is 2.36. The maximum absolute atomic E-state index is 9.81. The second-order valence-corrected chi connectivity index (χ2v) is 6.92. The van der Waals surface area contributed by atoms with E-state index >= 15 is 0 Å². The van der Waals surface area contributed by atoms with E-state index in [4.69, 9.17) is 4.74 Å². The maximum Gasteiger partial charge on any atom is 0.172 e. The number of aromatic hydroxyl groups is 1. The molecule has 3 nitrogen and oxygen atoms in total. The normalized spacial score (nSPS) is 19.4. The third kappa shape index (κ3) is 3.63. The highest BCUT2D eigenvalue weighted by molar-refractivity contribution is 9.10. The average molecular weight is 328 g/mol. The van der Waals surface area contributed by atoms with E-state index in [2.05, 4.69) is 34.7 Å². The quantitative estimate of drug-likeness (QED) is 0.916. The van der Waals surface area contributed by atoms with Crippen LogP contribution in [0.1, 0.15) is 32.3 Å². The first-order valence-electron chi connectivity index (χ1n) is 6.69. The molecule has 0 saturated carbocycles. The molecule has 1 saturated heterocycles. The van der Waals surface area contributed by atoms with Crippen LogP contribution in [0.2, 0.25) is 0 Å². The van der Waals surface area contributed by atoms with Gasteiger partial charge in [0.1, 0.15) is 0 Å². The Labute approximate surface area is 123 Å². The number of methoxy groups -OCH3 is 1. The zero-order valence-electron chi connectivity index (χ0n) is 11.9. The number of piperidine rings is 1. The van der Waals surface area contributed by atoms with Gasteiger partial charge in [0.15, 0.2) is 11.5 Å². The van der Waals surface area contributed by atoms with E-state index in [1.807, 2.05) is 12.1 Å². The van der Waals surface area contributed by atoms with E-state index < -0.39 is 0 Å². The molecule has 2 rings (SSSR count). The lowest BCUT2D eigenvalue weighted by atomic mass is 9.82. The fourth-order valence-electron chi connectivity index (χ4n) is 2.45. The summed E-state index contributed by atoms with van der Waals surface area (Å²) in [5.74, 6) is 0.702. The molecule has 0 atom stereocenters. The Kier molecular flexibility index (Phi) is 4.41. The number of rotatable bonds is 3. The van der Waals surface area contributed by atoms with Crippen molar-refractivity contribution in [2.45, 2.75) is 33.2 Å². The van der Waals surface area contributed by atoms with Crippen LogP contribution in [-0.4, -0.2) is 30.2 Å². The molecule has 0 aromatic heterocycles. The summed E-state index contributed by atoms with van der Waals surface area (Å²) in [6, 6.07) is 3.89. The molecule has 0 radical (unpaired) electrons. The minimum absolute atomic E-state index is 0.172. The van der Waals surface area contributed by atoms with E-state index in [1.165, 1.54) is 18.4 Å². The van der Waals surface area contributed by atoms with Gasteiger partial charge in [-0.05, 0) is 65.0 Å². The lowest BCUT2D eigenvalue weighted by molar-refractivity contribution is 0.127. The molecule has 1 aromatic rings. The van der Waals surface area contributed by atoms with Crippen LogP contribution in [0.5, 0.6) is 11.5 Å². The zero-order valence-corrected chi connectivity index (χ0v) is 13.5. The first-order valence-corrected chi connectivity index (χ1v) is 7.48. The minimum Gasteiger partial charge on any atom is -0.503 e. The molecule has 1 aromatic carbocycles. The van der Waals surface area contributed by atoms with Crippen molar-refractivity contribution in [3.63, 3.8) is 0 Å². The summed E-state index contributed by atoms with van der Waals surface area (Å²) in [5, 5.41) is 9.81. The van der Waals surface area contributed by atoms with Crippen LogP contribution in [0.25, 0.3) is 0 Å². The predicted octanol–water partition coefficient (Wildman–Crippen LogP) is 3.79. The maximum atomic E-state index is 9.81. The molecule has 106 valence electrons. The van der Waals surface area contributed by atoms with Crippen LogP contribution in [0, 0.1) is 5.41 Å². The lowest BCUT2D eigenvalue weighted by Gasteiger charge is -2.37. The number of halogens is 1. The monoisotopic (exact) mass is 327 g/mol. The minimum atomic E-state index is 0.172. The standard InChI is InChI=1S/C15H22BrNO2/c1-15(2)4-6-17(7-5-15)10-11-8-12(16)14(18)13(9-11)19-3/h8-9,18H,4-7,10H2,1-3H3. The van der Waals surface area contributed by atoms with E-state index in [1.54, 1.807) is 7.11 Å². The van der Waals surface area contributed by atoms with Gasteiger partial charge in [-0.2, -0.15) is 0 Å². The van der Waals surface area contributed by atoms with Gasteiger partial charge in [-0.25, -0.2) is 0 Å². The summed E-state index contributed by atoms with van der Waals surface area (Å²) in [6.45, 7) is 7.85. The summed E-state index contributed by atoms with van der Waals surface area (Å²) in [6.07, 6.45) is 2.48. The van der Waals surface area contributed by atoms with Gasteiger partial charge in [0.25, 0.3) is 0 Å². The molecule has 0 aliphatic carbocycles. The Hall–Kier alpha value is -0.740. The number of benzene rings is 1. The smallest absolute Gasteiger partial charge is 0.172 e.